The molecule has 8 nitrogen and oxygen atoms in total. The summed E-state index contributed by atoms with van der Waals surface area (Å²) < 4.78 is 20.5. The summed E-state index contributed by atoms with van der Waals surface area (Å²) >= 11 is 14.8. The molecule has 1 amide bonds. The predicted molar refractivity (Wildman–Crippen MR) is 170 cm³/mol. The van der Waals surface area contributed by atoms with Crippen molar-refractivity contribution in [3.8, 4) is 0 Å². The van der Waals surface area contributed by atoms with Crippen LogP contribution in [0.4, 0.5) is 14.4 Å². The lowest BCUT2D eigenvalue weighted by atomic mass is 10.1. The largest absolute Gasteiger partial charge is 0.519 e. The van der Waals surface area contributed by atoms with E-state index in [1.54, 1.807) is 58.6 Å². The van der Waals surface area contributed by atoms with E-state index in [2.05, 4.69) is 33.4 Å². The number of ether oxygens (including phenoxy) is 4. The lowest BCUT2D eigenvalue weighted by molar-refractivity contribution is -0.0294. The van der Waals surface area contributed by atoms with Crippen LogP contribution in [0.2, 0.25) is 10.0 Å². The third-order valence-electron chi connectivity index (χ3n) is 4.55. The molecule has 228 valence electrons. The van der Waals surface area contributed by atoms with Crippen molar-refractivity contribution in [1.29, 1.82) is 0 Å². The zero-order chi connectivity index (χ0) is 31.6. The minimum absolute atomic E-state index is 0.348. The number of rotatable bonds is 5. The fraction of sp³-hybridized carbons (Fsp3) is 0.500. The molecule has 0 bridgehead atoms. The van der Waals surface area contributed by atoms with Gasteiger partial charge in [0.05, 0.1) is 0 Å². The van der Waals surface area contributed by atoms with E-state index < -0.39 is 29.1 Å². The zero-order valence-electron chi connectivity index (χ0n) is 25.1. The van der Waals surface area contributed by atoms with Crippen molar-refractivity contribution in [2.45, 2.75) is 92.1 Å². The van der Waals surface area contributed by atoms with Crippen LogP contribution in [-0.2, 0) is 31.9 Å². The van der Waals surface area contributed by atoms with Gasteiger partial charge in [0.25, 0.3) is 0 Å². The molecule has 2 aromatic carbocycles. The van der Waals surface area contributed by atoms with Crippen LogP contribution >= 0.6 is 45.8 Å². The van der Waals surface area contributed by atoms with Crippen molar-refractivity contribution in [3.05, 3.63) is 67.2 Å². The number of hydrogen-bond acceptors (Lipinski definition) is 7. The van der Waals surface area contributed by atoms with Crippen LogP contribution in [0.5, 0.6) is 0 Å². The molecule has 2 aromatic rings. The molecule has 0 N–H and O–H groups in total. The van der Waals surface area contributed by atoms with E-state index >= 15 is 0 Å². The van der Waals surface area contributed by atoms with E-state index in [1.807, 2.05) is 45.0 Å². The Morgan fingerprint density at radius 3 is 1.66 bits per heavy atom. The second-order valence-corrected chi connectivity index (χ2v) is 14.1. The minimum Gasteiger partial charge on any atom is -0.444 e. The third kappa shape index (κ3) is 16.7. The van der Waals surface area contributed by atoms with E-state index in [9.17, 15) is 14.4 Å². The molecule has 0 atom stereocenters. The molecule has 0 aliphatic carbocycles. The molecule has 41 heavy (non-hydrogen) atoms. The van der Waals surface area contributed by atoms with Gasteiger partial charge >= 0.3 is 18.4 Å². The first-order chi connectivity index (χ1) is 18.6. The van der Waals surface area contributed by atoms with E-state index in [0.717, 1.165) is 14.7 Å². The first-order valence-electron chi connectivity index (χ1n) is 12.9. The summed E-state index contributed by atoms with van der Waals surface area (Å²) in [6, 6.07) is 13.5. The Balaban J connectivity index is 0.000000479. The first kappa shape index (κ1) is 36.8. The molecule has 0 aliphatic rings. The van der Waals surface area contributed by atoms with Crippen molar-refractivity contribution in [3.63, 3.8) is 0 Å². The predicted octanol–water partition coefficient (Wildman–Crippen LogP) is 9.45. The molecule has 0 radical (unpaired) electrons. The van der Waals surface area contributed by atoms with Crippen LogP contribution in [-0.4, -0.2) is 46.7 Å². The standard InChI is InChI=1S/C20H22Cl2INO2.C10H18O5/c1-20(2,3)26-19(25)24(13-14-6-4-7-15(23)12-14)11-10-16-17(21)8-5-9-18(16)22;1-9(2,3)14-7(11)13-8(12)15-10(4,5)6/h4-9,12H,10-11,13H2,1-3H3;1-6H3. The van der Waals surface area contributed by atoms with Crippen LogP contribution in [0.15, 0.2) is 42.5 Å². The summed E-state index contributed by atoms with van der Waals surface area (Å²) in [4.78, 5) is 36.4. The van der Waals surface area contributed by atoms with Gasteiger partial charge in [-0.3, -0.25) is 0 Å². The van der Waals surface area contributed by atoms with Gasteiger partial charge in [-0.15, -0.1) is 0 Å². The molecule has 0 unspecified atom stereocenters. The molecular formula is C30H40Cl2INO7. The van der Waals surface area contributed by atoms with Crippen molar-refractivity contribution in [2.24, 2.45) is 0 Å². The molecule has 0 heterocycles. The van der Waals surface area contributed by atoms with Gasteiger partial charge < -0.3 is 23.8 Å². The Bertz CT molecular complexity index is 1140. The maximum absolute atomic E-state index is 12.7. The normalized spacial score (nSPS) is 11.5. The number of halogens is 3. The van der Waals surface area contributed by atoms with Crippen molar-refractivity contribution in [1.82, 2.24) is 4.90 Å². The maximum atomic E-state index is 12.7. The molecule has 11 heteroatoms. The van der Waals surface area contributed by atoms with Gasteiger partial charge in [-0.2, -0.15) is 0 Å². The monoisotopic (exact) mass is 723 g/mol. The van der Waals surface area contributed by atoms with Crippen molar-refractivity contribution < 1.29 is 33.3 Å². The first-order valence-corrected chi connectivity index (χ1v) is 14.8. The van der Waals surface area contributed by atoms with Crippen molar-refractivity contribution in [2.75, 3.05) is 6.54 Å². The highest BCUT2D eigenvalue weighted by Gasteiger charge is 2.25. The Hall–Kier alpha value is -2.24. The van der Waals surface area contributed by atoms with Crippen LogP contribution in [0.25, 0.3) is 0 Å². The fourth-order valence-corrected chi connectivity index (χ4v) is 4.24. The van der Waals surface area contributed by atoms with E-state index in [4.69, 9.17) is 37.4 Å². The van der Waals surface area contributed by atoms with Crippen LogP contribution in [0.3, 0.4) is 0 Å². The Morgan fingerprint density at radius 2 is 1.22 bits per heavy atom. The average molecular weight is 724 g/mol. The number of nitrogens with zero attached hydrogens (tertiary/aromatic N) is 1. The minimum atomic E-state index is -1.06. The van der Waals surface area contributed by atoms with Gasteiger partial charge in [-0.1, -0.05) is 41.4 Å². The lowest BCUT2D eigenvalue weighted by Gasteiger charge is -2.28. The number of benzene rings is 2. The molecular weight excluding hydrogens is 684 g/mol. The highest BCUT2D eigenvalue weighted by molar-refractivity contribution is 14.1. The zero-order valence-corrected chi connectivity index (χ0v) is 28.8. The summed E-state index contributed by atoms with van der Waals surface area (Å²) in [5, 5.41) is 1.21. The van der Waals surface area contributed by atoms with Crippen LogP contribution in [0, 0.1) is 3.57 Å². The second kappa shape index (κ2) is 15.8. The number of hydrogen-bond donors (Lipinski definition) is 0. The van der Waals surface area contributed by atoms with Gasteiger partial charge in [-0.05, 0) is 127 Å². The summed E-state index contributed by atoms with van der Waals surface area (Å²) in [6.07, 6.45) is -1.91. The van der Waals surface area contributed by atoms with Gasteiger partial charge in [0.2, 0.25) is 0 Å². The molecule has 0 saturated heterocycles. The SMILES string of the molecule is CC(C)(C)OC(=O)N(CCc1c(Cl)cccc1Cl)Cc1cccc(I)c1.CC(C)(C)OC(=O)OC(=O)OC(C)(C)C. The van der Waals surface area contributed by atoms with Gasteiger partial charge in [0, 0.05) is 26.7 Å². The van der Waals surface area contributed by atoms with Gasteiger partial charge in [0.1, 0.15) is 16.8 Å². The van der Waals surface area contributed by atoms with E-state index in [0.29, 0.717) is 29.6 Å². The lowest BCUT2D eigenvalue weighted by Crippen LogP contribution is -2.37. The van der Waals surface area contributed by atoms with Gasteiger partial charge in [0.15, 0.2) is 0 Å². The number of carbonyl (C=O) groups is 3. The maximum Gasteiger partial charge on any atom is 0.519 e. The topological polar surface area (TPSA) is 91.4 Å². The fourth-order valence-electron chi connectivity index (χ4n) is 3.04. The Kier molecular flexibility index (Phi) is 14.2. The van der Waals surface area contributed by atoms with Gasteiger partial charge in [-0.25, -0.2) is 14.4 Å². The van der Waals surface area contributed by atoms with Crippen molar-refractivity contribution >= 4 is 64.2 Å². The Morgan fingerprint density at radius 1 is 0.756 bits per heavy atom. The third-order valence-corrected chi connectivity index (χ3v) is 5.93. The summed E-state index contributed by atoms with van der Waals surface area (Å²) in [5.41, 5.74) is -0.0548. The number of carbonyl (C=O) groups excluding carboxylic acids is 3. The highest BCUT2D eigenvalue weighted by atomic mass is 127. The summed E-state index contributed by atoms with van der Waals surface area (Å²) in [6.45, 7) is 16.5. The highest BCUT2D eigenvalue weighted by Crippen LogP contribution is 2.25. The molecule has 0 aliphatic heterocycles. The van der Waals surface area contributed by atoms with E-state index in [-0.39, 0.29) is 6.09 Å². The Labute approximate surface area is 267 Å². The molecule has 0 saturated carbocycles. The smallest absolute Gasteiger partial charge is 0.444 e. The average Bonchev–Trinajstić information content (AvgIpc) is 2.74. The molecule has 0 spiro atoms. The van der Waals surface area contributed by atoms with Crippen LogP contribution < -0.4 is 0 Å². The summed E-state index contributed by atoms with van der Waals surface area (Å²) in [7, 11) is 0. The molecule has 0 fully saturated rings. The molecule has 0 aromatic heterocycles. The number of amides is 1. The molecule has 2 rings (SSSR count). The summed E-state index contributed by atoms with van der Waals surface area (Å²) in [5.74, 6) is 0. The quantitative estimate of drug-likeness (QED) is 0.131. The van der Waals surface area contributed by atoms with Crippen LogP contribution in [0.1, 0.15) is 73.4 Å². The second-order valence-electron chi connectivity index (χ2n) is 12.0. The van der Waals surface area contributed by atoms with E-state index in [1.165, 1.54) is 0 Å².